The molecule has 1 aliphatic heterocycles. The van der Waals surface area contributed by atoms with Crippen LogP contribution in [0.1, 0.15) is 26.3 Å². The van der Waals surface area contributed by atoms with Crippen LogP contribution in [0.4, 0.5) is 11.4 Å². The summed E-state index contributed by atoms with van der Waals surface area (Å²) in [6.07, 6.45) is -0.454. The molecule has 0 aromatic heterocycles. The number of anilines is 1. The normalized spacial score (nSPS) is 14.7. The highest BCUT2D eigenvalue weighted by Gasteiger charge is 2.32. The second kappa shape index (κ2) is 8.81. The zero-order chi connectivity index (χ0) is 22.8. The van der Waals surface area contributed by atoms with E-state index in [1.165, 1.54) is 19.1 Å². The van der Waals surface area contributed by atoms with Crippen LogP contribution in [-0.2, 0) is 20.7 Å². The summed E-state index contributed by atoms with van der Waals surface area (Å²) in [5, 5.41) is 13.4. The number of nitro benzene ring substituents is 1. The molecule has 1 atom stereocenters. The summed E-state index contributed by atoms with van der Waals surface area (Å²) in [5.74, 6) is -0.448. The van der Waals surface area contributed by atoms with Crippen molar-refractivity contribution < 1.29 is 28.7 Å². The van der Waals surface area contributed by atoms with Gasteiger partial charge in [-0.25, -0.2) is 4.79 Å². The van der Waals surface area contributed by atoms with Crippen molar-refractivity contribution in [2.24, 2.45) is 0 Å². The maximum Gasteiger partial charge on any atom is 0.344 e. The highest BCUT2D eigenvalue weighted by atomic mass is 35.5. The quantitative estimate of drug-likeness (QED) is 0.387. The number of amides is 1. The fraction of sp³-hybridized carbons (Fsp3) is 0.333. The molecule has 0 aliphatic carbocycles. The number of carbonyl (C=O) groups is 2. The standard InChI is InChI=1S/C21H21ClN2O7/c1-12(20(26)23-16-9-14(24(27)28)7-8-15(16)22)30-18(25)11-29-17-6-4-5-13-10-21(2,3)31-19(13)17/h4-9,12H,10-11H2,1-3H3,(H,23,26). The van der Waals surface area contributed by atoms with E-state index in [1.54, 1.807) is 6.07 Å². The van der Waals surface area contributed by atoms with Gasteiger partial charge >= 0.3 is 5.97 Å². The monoisotopic (exact) mass is 448 g/mol. The lowest BCUT2D eigenvalue weighted by Crippen LogP contribution is -2.31. The van der Waals surface area contributed by atoms with Crippen LogP contribution in [0.2, 0.25) is 5.02 Å². The molecule has 1 N–H and O–H groups in total. The molecule has 1 unspecified atom stereocenters. The Morgan fingerprint density at radius 2 is 2.06 bits per heavy atom. The summed E-state index contributed by atoms with van der Waals surface area (Å²) in [7, 11) is 0. The molecule has 1 aliphatic rings. The molecule has 0 bridgehead atoms. The number of carbonyl (C=O) groups excluding carboxylic acids is 2. The van der Waals surface area contributed by atoms with Crippen molar-refractivity contribution in [1.82, 2.24) is 0 Å². The first kappa shape index (κ1) is 22.4. The minimum atomic E-state index is -1.18. The van der Waals surface area contributed by atoms with Gasteiger partial charge in [0.1, 0.15) is 5.60 Å². The summed E-state index contributed by atoms with van der Waals surface area (Å²) < 4.78 is 16.5. The zero-order valence-corrected chi connectivity index (χ0v) is 17.9. The number of nitrogens with zero attached hydrogens (tertiary/aromatic N) is 1. The predicted molar refractivity (Wildman–Crippen MR) is 113 cm³/mol. The summed E-state index contributed by atoms with van der Waals surface area (Å²) >= 11 is 5.96. The maximum atomic E-state index is 12.3. The molecule has 3 rings (SSSR count). The number of ether oxygens (including phenoxy) is 3. The van der Waals surface area contributed by atoms with E-state index in [0.717, 1.165) is 18.1 Å². The number of hydrogen-bond donors (Lipinski definition) is 1. The van der Waals surface area contributed by atoms with Crippen molar-refractivity contribution in [3.05, 3.63) is 57.1 Å². The van der Waals surface area contributed by atoms with Gasteiger partial charge in [-0.15, -0.1) is 0 Å². The fourth-order valence-corrected chi connectivity index (χ4v) is 3.24. The summed E-state index contributed by atoms with van der Waals surface area (Å²) in [5.41, 5.74) is 0.429. The van der Waals surface area contributed by atoms with Crippen LogP contribution in [-0.4, -0.2) is 35.1 Å². The van der Waals surface area contributed by atoms with Crippen molar-refractivity contribution in [3.63, 3.8) is 0 Å². The minimum absolute atomic E-state index is 0.0413. The van der Waals surface area contributed by atoms with Crippen molar-refractivity contribution in [1.29, 1.82) is 0 Å². The van der Waals surface area contributed by atoms with E-state index in [1.807, 2.05) is 26.0 Å². The van der Waals surface area contributed by atoms with Gasteiger partial charge in [-0.3, -0.25) is 14.9 Å². The summed E-state index contributed by atoms with van der Waals surface area (Å²) in [6, 6.07) is 9.05. The van der Waals surface area contributed by atoms with Crippen LogP contribution >= 0.6 is 11.6 Å². The Balaban J connectivity index is 1.56. The van der Waals surface area contributed by atoms with Crippen molar-refractivity contribution in [2.45, 2.75) is 38.9 Å². The van der Waals surface area contributed by atoms with Gasteiger partial charge in [-0.2, -0.15) is 0 Å². The fourth-order valence-electron chi connectivity index (χ4n) is 3.08. The number of nitro groups is 1. The van der Waals surface area contributed by atoms with Crippen molar-refractivity contribution in [2.75, 3.05) is 11.9 Å². The second-order valence-electron chi connectivity index (χ2n) is 7.61. The van der Waals surface area contributed by atoms with Gasteiger partial charge in [0.25, 0.3) is 11.6 Å². The lowest BCUT2D eigenvalue weighted by atomic mass is 10.0. The second-order valence-corrected chi connectivity index (χ2v) is 8.02. The average molecular weight is 449 g/mol. The number of hydrogen-bond acceptors (Lipinski definition) is 7. The van der Waals surface area contributed by atoms with Crippen LogP contribution in [0, 0.1) is 10.1 Å². The number of benzene rings is 2. The Labute approximate surface area is 183 Å². The van der Waals surface area contributed by atoms with Gasteiger partial charge in [0.15, 0.2) is 24.2 Å². The van der Waals surface area contributed by atoms with Crippen LogP contribution in [0.15, 0.2) is 36.4 Å². The first-order valence-corrected chi connectivity index (χ1v) is 9.81. The first-order valence-electron chi connectivity index (χ1n) is 9.44. The van der Waals surface area contributed by atoms with E-state index < -0.39 is 29.5 Å². The van der Waals surface area contributed by atoms with Gasteiger partial charge in [-0.1, -0.05) is 23.7 Å². The molecule has 10 heteroatoms. The SMILES string of the molecule is CC(OC(=O)COc1cccc2c1OC(C)(C)C2)C(=O)Nc1cc([N+](=O)[O-])ccc1Cl. The van der Waals surface area contributed by atoms with E-state index in [-0.39, 0.29) is 22.0 Å². The molecular formula is C21H21ClN2O7. The number of nitrogens with one attached hydrogen (secondary N) is 1. The van der Waals surface area contributed by atoms with E-state index in [0.29, 0.717) is 11.5 Å². The van der Waals surface area contributed by atoms with Gasteiger partial charge < -0.3 is 19.5 Å². The molecule has 0 saturated heterocycles. The van der Waals surface area contributed by atoms with Crippen LogP contribution < -0.4 is 14.8 Å². The molecule has 9 nitrogen and oxygen atoms in total. The lowest BCUT2D eigenvalue weighted by Gasteiger charge is -2.18. The number of fused-ring (bicyclic) bond motifs is 1. The molecule has 164 valence electrons. The van der Waals surface area contributed by atoms with Crippen LogP contribution in [0.25, 0.3) is 0 Å². The van der Waals surface area contributed by atoms with Crippen LogP contribution in [0.5, 0.6) is 11.5 Å². The highest BCUT2D eigenvalue weighted by Crippen LogP contribution is 2.41. The number of esters is 1. The molecular weight excluding hydrogens is 428 g/mol. The van der Waals surface area contributed by atoms with Gasteiger partial charge in [0.2, 0.25) is 0 Å². The van der Waals surface area contributed by atoms with Gasteiger partial charge in [-0.05, 0) is 32.9 Å². The molecule has 0 spiro atoms. The van der Waals surface area contributed by atoms with Crippen molar-refractivity contribution >= 4 is 34.9 Å². The molecule has 1 heterocycles. The Morgan fingerprint density at radius 1 is 1.32 bits per heavy atom. The van der Waals surface area contributed by atoms with Gasteiger partial charge in [0, 0.05) is 24.1 Å². The average Bonchev–Trinajstić information content (AvgIpc) is 3.02. The van der Waals surface area contributed by atoms with Crippen molar-refractivity contribution in [3.8, 4) is 11.5 Å². The topological polar surface area (TPSA) is 117 Å². The Bertz CT molecular complexity index is 1040. The largest absolute Gasteiger partial charge is 0.483 e. The highest BCUT2D eigenvalue weighted by molar-refractivity contribution is 6.33. The number of non-ortho nitro benzene ring substituents is 1. The minimum Gasteiger partial charge on any atom is -0.483 e. The Morgan fingerprint density at radius 3 is 2.77 bits per heavy atom. The molecule has 0 saturated carbocycles. The first-order chi connectivity index (χ1) is 14.6. The van der Waals surface area contributed by atoms with Crippen LogP contribution in [0.3, 0.4) is 0 Å². The van der Waals surface area contributed by atoms with E-state index in [4.69, 9.17) is 25.8 Å². The summed E-state index contributed by atoms with van der Waals surface area (Å²) in [4.78, 5) is 34.7. The maximum absolute atomic E-state index is 12.3. The predicted octanol–water partition coefficient (Wildman–Crippen LogP) is 3.91. The summed E-state index contributed by atoms with van der Waals surface area (Å²) in [6.45, 7) is 4.86. The Hall–Kier alpha value is -3.33. The molecule has 0 radical (unpaired) electrons. The Kier molecular flexibility index (Phi) is 6.35. The van der Waals surface area contributed by atoms with Gasteiger partial charge in [0.05, 0.1) is 15.6 Å². The molecule has 2 aromatic rings. The number of rotatable bonds is 7. The van der Waals surface area contributed by atoms with E-state index in [9.17, 15) is 19.7 Å². The molecule has 31 heavy (non-hydrogen) atoms. The smallest absolute Gasteiger partial charge is 0.344 e. The zero-order valence-electron chi connectivity index (χ0n) is 17.1. The molecule has 0 fully saturated rings. The number of para-hydroxylation sites is 1. The third-order valence-corrected chi connectivity index (χ3v) is 4.83. The number of halogens is 1. The van der Waals surface area contributed by atoms with E-state index in [2.05, 4.69) is 5.32 Å². The lowest BCUT2D eigenvalue weighted by molar-refractivity contribution is -0.384. The molecule has 1 amide bonds. The van der Waals surface area contributed by atoms with E-state index >= 15 is 0 Å². The molecule has 2 aromatic carbocycles. The third kappa shape index (κ3) is 5.43. The third-order valence-electron chi connectivity index (χ3n) is 4.50.